The molecule has 0 spiro atoms. The molecule has 0 radical (unpaired) electrons. The molecule has 0 saturated heterocycles. The lowest BCUT2D eigenvalue weighted by Gasteiger charge is -2.15. The Hall–Kier alpha value is -1.17. The fourth-order valence-corrected chi connectivity index (χ4v) is 2.35. The van der Waals surface area contributed by atoms with Gasteiger partial charge in [-0.1, -0.05) is 18.5 Å². The second kappa shape index (κ2) is 7.73. The number of halogens is 3. The van der Waals surface area contributed by atoms with Crippen LogP contribution in [0, 0.1) is 0 Å². The highest BCUT2D eigenvalue weighted by atomic mass is 35.5. The molecule has 2 aromatic rings. The van der Waals surface area contributed by atoms with Crippen molar-refractivity contribution in [2.24, 2.45) is 0 Å². The molecule has 0 bridgehead atoms. The molecule has 1 aromatic heterocycles. The maximum absolute atomic E-state index is 12.0. The Morgan fingerprint density at radius 1 is 1.33 bits per heavy atom. The van der Waals surface area contributed by atoms with Crippen molar-refractivity contribution in [3.8, 4) is 0 Å². The third-order valence-corrected chi connectivity index (χ3v) is 3.32. The van der Waals surface area contributed by atoms with Crippen molar-refractivity contribution in [3.63, 3.8) is 0 Å². The van der Waals surface area contributed by atoms with Crippen LogP contribution in [0.5, 0.6) is 0 Å². The Balaban J connectivity index is 2.04. The van der Waals surface area contributed by atoms with E-state index in [9.17, 15) is 8.78 Å². The van der Waals surface area contributed by atoms with Crippen LogP contribution in [-0.4, -0.2) is 26.2 Å². The first-order valence-electron chi connectivity index (χ1n) is 6.88. The van der Waals surface area contributed by atoms with E-state index in [4.69, 9.17) is 20.8 Å². The predicted octanol–water partition coefficient (Wildman–Crippen LogP) is 4.41. The molecule has 1 aromatic carbocycles. The molecule has 21 heavy (non-hydrogen) atoms. The number of hydrogen-bond acceptors (Lipinski definition) is 3. The first-order valence-corrected chi connectivity index (χ1v) is 7.26. The topological polar surface area (TPSA) is 34.4 Å². The van der Waals surface area contributed by atoms with Crippen molar-refractivity contribution >= 4 is 22.6 Å². The van der Waals surface area contributed by atoms with Crippen LogP contribution in [0.25, 0.3) is 11.0 Å². The van der Waals surface area contributed by atoms with E-state index in [0.717, 1.165) is 23.3 Å². The van der Waals surface area contributed by atoms with E-state index in [1.807, 2.05) is 25.1 Å². The fraction of sp³-hybridized carbons (Fsp3) is 0.467. The van der Waals surface area contributed by atoms with Crippen molar-refractivity contribution in [1.82, 2.24) is 5.32 Å². The molecular formula is C15H18ClF2NO2. The Morgan fingerprint density at radius 3 is 2.86 bits per heavy atom. The number of fused-ring (bicyclic) bond motifs is 1. The molecular weight excluding hydrogens is 300 g/mol. The summed E-state index contributed by atoms with van der Waals surface area (Å²) >= 11 is 5.95. The third-order valence-electron chi connectivity index (χ3n) is 3.09. The Kier molecular flexibility index (Phi) is 5.96. The maximum Gasteiger partial charge on any atom is 0.261 e. The third kappa shape index (κ3) is 4.66. The van der Waals surface area contributed by atoms with Gasteiger partial charge in [-0.25, -0.2) is 8.78 Å². The number of alkyl halides is 2. The zero-order valence-electron chi connectivity index (χ0n) is 11.7. The lowest BCUT2D eigenvalue weighted by atomic mass is 10.1. The molecule has 0 aliphatic heterocycles. The molecule has 0 aliphatic carbocycles. The monoisotopic (exact) mass is 317 g/mol. The van der Waals surface area contributed by atoms with E-state index >= 15 is 0 Å². The summed E-state index contributed by atoms with van der Waals surface area (Å²) < 4.78 is 34.8. The molecule has 0 fully saturated rings. The molecule has 1 N–H and O–H groups in total. The van der Waals surface area contributed by atoms with E-state index in [2.05, 4.69) is 5.32 Å². The van der Waals surface area contributed by atoms with Crippen molar-refractivity contribution in [2.45, 2.75) is 25.8 Å². The molecule has 1 heterocycles. The van der Waals surface area contributed by atoms with Crippen LogP contribution < -0.4 is 5.32 Å². The van der Waals surface area contributed by atoms with Crippen LogP contribution in [0.4, 0.5) is 8.78 Å². The quantitative estimate of drug-likeness (QED) is 0.732. The minimum absolute atomic E-state index is 0.0705. The zero-order chi connectivity index (χ0) is 15.2. The number of hydrogen-bond donors (Lipinski definition) is 1. The minimum Gasteiger partial charge on any atom is -0.459 e. The summed E-state index contributed by atoms with van der Waals surface area (Å²) in [5.41, 5.74) is 0.755. The second-order valence-corrected chi connectivity index (χ2v) is 5.13. The molecule has 0 amide bonds. The molecule has 3 nitrogen and oxygen atoms in total. The van der Waals surface area contributed by atoms with Crippen molar-refractivity contribution in [1.29, 1.82) is 0 Å². The number of nitrogens with one attached hydrogen (secondary N) is 1. The van der Waals surface area contributed by atoms with Gasteiger partial charge in [-0.3, -0.25) is 0 Å². The summed E-state index contributed by atoms with van der Waals surface area (Å²) in [6, 6.07) is 7.27. The minimum atomic E-state index is -2.43. The number of furan rings is 1. The first kappa shape index (κ1) is 16.2. The van der Waals surface area contributed by atoms with E-state index in [0.29, 0.717) is 11.4 Å². The van der Waals surface area contributed by atoms with Crippen LogP contribution >= 0.6 is 11.6 Å². The lowest BCUT2D eigenvalue weighted by Crippen LogP contribution is -2.22. The molecule has 2 rings (SSSR count). The highest BCUT2D eigenvalue weighted by Gasteiger charge is 2.16. The maximum atomic E-state index is 12.0. The molecule has 0 aliphatic rings. The number of ether oxygens (including phenoxy) is 1. The van der Waals surface area contributed by atoms with E-state index in [-0.39, 0.29) is 12.6 Å². The van der Waals surface area contributed by atoms with Crippen LogP contribution in [0.2, 0.25) is 5.02 Å². The van der Waals surface area contributed by atoms with Gasteiger partial charge in [0.2, 0.25) is 0 Å². The van der Waals surface area contributed by atoms with Crippen LogP contribution in [-0.2, 0) is 4.74 Å². The average molecular weight is 318 g/mol. The van der Waals surface area contributed by atoms with E-state index < -0.39 is 13.0 Å². The summed E-state index contributed by atoms with van der Waals surface area (Å²) in [5, 5.41) is 4.84. The van der Waals surface area contributed by atoms with Gasteiger partial charge >= 0.3 is 0 Å². The second-order valence-electron chi connectivity index (χ2n) is 4.70. The van der Waals surface area contributed by atoms with Crippen molar-refractivity contribution < 1.29 is 17.9 Å². The van der Waals surface area contributed by atoms with Crippen molar-refractivity contribution in [2.75, 3.05) is 19.8 Å². The van der Waals surface area contributed by atoms with Gasteiger partial charge in [0.1, 0.15) is 18.0 Å². The largest absolute Gasteiger partial charge is 0.459 e. The van der Waals surface area contributed by atoms with Crippen LogP contribution in [0.3, 0.4) is 0 Å². The van der Waals surface area contributed by atoms with Gasteiger partial charge < -0.3 is 14.5 Å². The van der Waals surface area contributed by atoms with Gasteiger partial charge in [-0.05, 0) is 37.2 Å². The van der Waals surface area contributed by atoms with Crippen LogP contribution in [0.1, 0.15) is 25.1 Å². The number of rotatable bonds is 8. The molecule has 1 atom stereocenters. The Bertz CT molecular complexity index is 574. The van der Waals surface area contributed by atoms with Gasteiger partial charge in [0, 0.05) is 17.0 Å². The Morgan fingerprint density at radius 2 is 2.14 bits per heavy atom. The first-order chi connectivity index (χ1) is 10.1. The normalized spacial score (nSPS) is 13.2. The Labute approximate surface area is 127 Å². The summed E-state index contributed by atoms with van der Waals surface area (Å²) in [6.07, 6.45) is -1.87. The van der Waals surface area contributed by atoms with Gasteiger partial charge in [-0.2, -0.15) is 0 Å². The SMILES string of the molecule is CCNC(CCOCC(F)F)c1cc2cc(Cl)ccc2o1. The number of benzene rings is 1. The summed E-state index contributed by atoms with van der Waals surface area (Å²) in [5.74, 6) is 0.759. The molecule has 6 heteroatoms. The predicted molar refractivity (Wildman–Crippen MR) is 79.1 cm³/mol. The van der Waals surface area contributed by atoms with Gasteiger partial charge in [0.25, 0.3) is 6.43 Å². The zero-order valence-corrected chi connectivity index (χ0v) is 12.5. The molecule has 0 saturated carbocycles. The summed E-state index contributed by atoms with van der Waals surface area (Å²) in [6.45, 7) is 2.44. The molecule has 1 unspecified atom stereocenters. The van der Waals surface area contributed by atoms with E-state index in [1.165, 1.54) is 0 Å². The molecule has 116 valence electrons. The average Bonchev–Trinajstić information content (AvgIpc) is 2.84. The van der Waals surface area contributed by atoms with Crippen LogP contribution in [0.15, 0.2) is 28.7 Å². The van der Waals surface area contributed by atoms with Gasteiger partial charge in [0.05, 0.1) is 6.04 Å². The van der Waals surface area contributed by atoms with E-state index in [1.54, 1.807) is 6.07 Å². The lowest BCUT2D eigenvalue weighted by molar-refractivity contribution is 0.0139. The summed E-state index contributed by atoms with van der Waals surface area (Å²) in [4.78, 5) is 0. The fourth-order valence-electron chi connectivity index (χ4n) is 2.17. The van der Waals surface area contributed by atoms with Gasteiger partial charge in [-0.15, -0.1) is 0 Å². The highest BCUT2D eigenvalue weighted by Crippen LogP contribution is 2.27. The summed E-state index contributed by atoms with van der Waals surface area (Å²) in [7, 11) is 0. The van der Waals surface area contributed by atoms with Gasteiger partial charge in [0.15, 0.2) is 0 Å². The smallest absolute Gasteiger partial charge is 0.261 e. The standard InChI is InChI=1S/C15H18ClF2NO2/c1-2-19-12(5-6-20-9-15(17)18)14-8-10-7-11(16)3-4-13(10)21-14/h3-4,7-8,12,15,19H,2,5-6,9H2,1H3. The van der Waals surface area contributed by atoms with Crippen molar-refractivity contribution in [3.05, 3.63) is 35.0 Å². The highest BCUT2D eigenvalue weighted by molar-refractivity contribution is 6.31.